The number of aryl methyl sites for hydroxylation is 1. The van der Waals surface area contributed by atoms with Gasteiger partial charge in [0.05, 0.1) is 23.3 Å². The molecule has 190 valence electrons. The summed E-state index contributed by atoms with van der Waals surface area (Å²) in [5, 5.41) is 8.63. The van der Waals surface area contributed by atoms with Crippen molar-refractivity contribution >= 4 is 28.2 Å². The Bertz CT molecular complexity index is 1370. The number of thiol groups is 1. The molecule has 2 amide bonds. The van der Waals surface area contributed by atoms with E-state index in [0.29, 0.717) is 17.7 Å². The highest BCUT2D eigenvalue weighted by Crippen LogP contribution is 2.30. The molecule has 2 aromatic heterocycles. The van der Waals surface area contributed by atoms with Crippen molar-refractivity contribution in [2.45, 2.75) is 43.8 Å². The standard InChI is InChI=1S/C22H21F3N6O4S/c1-2-12-7-14(9-16(8-12)36(34)35)19(32)27-11-18-29-21(22(23,24)25)30-31(18)17-6-5-15(10-26-17)28-20(33)13-3-4-13/h5-10,13,36H,2-4,11H2,1H3,(H,27,32)(H,28,33). The summed E-state index contributed by atoms with van der Waals surface area (Å²) in [7, 11) is -2.93. The number of rotatable bonds is 8. The van der Waals surface area contributed by atoms with E-state index < -0.39 is 35.2 Å². The quantitative estimate of drug-likeness (QED) is 0.387. The molecule has 0 saturated heterocycles. The number of carbonyl (C=O) groups excluding carboxylic acids is 2. The van der Waals surface area contributed by atoms with Gasteiger partial charge < -0.3 is 10.6 Å². The second-order valence-electron chi connectivity index (χ2n) is 8.11. The highest BCUT2D eigenvalue weighted by atomic mass is 32.2. The van der Waals surface area contributed by atoms with Crippen LogP contribution in [0.25, 0.3) is 5.82 Å². The van der Waals surface area contributed by atoms with E-state index in [1.807, 2.05) is 0 Å². The molecule has 10 nitrogen and oxygen atoms in total. The van der Waals surface area contributed by atoms with Crippen molar-refractivity contribution in [3.05, 3.63) is 59.3 Å². The molecule has 0 bridgehead atoms. The number of aromatic nitrogens is 4. The summed E-state index contributed by atoms with van der Waals surface area (Å²) < 4.78 is 63.5. The number of pyridine rings is 1. The maximum absolute atomic E-state index is 13.3. The van der Waals surface area contributed by atoms with Crippen LogP contribution in [0.1, 0.15) is 47.3 Å². The minimum Gasteiger partial charge on any atom is -0.345 e. The SMILES string of the molecule is CCc1cc(C(=O)NCc2nc(C(F)(F)F)nn2-c2ccc(NC(=O)C3CC3)cn2)cc([SH](=O)=O)c1. The molecule has 3 aromatic rings. The number of hydrogen-bond acceptors (Lipinski definition) is 7. The van der Waals surface area contributed by atoms with Crippen molar-refractivity contribution in [2.24, 2.45) is 5.92 Å². The number of nitrogens with one attached hydrogen (secondary N) is 2. The predicted molar refractivity (Wildman–Crippen MR) is 121 cm³/mol. The van der Waals surface area contributed by atoms with Crippen molar-refractivity contribution < 1.29 is 31.2 Å². The van der Waals surface area contributed by atoms with Gasteiger partial charge in [0, 0.05) is 11.5 Å². The molecule has 14 heteroatoms. The van der Waals surface area contributed by atoms with Crippen LogP contribution in [0.15, 0.2) is 41.4 Å². The summed E-state index contributed by atoms with van der Waals surface area (Å²) in [6, 6.07) is 6.96. The van der Waals surface area contributed by atoms with Gasteiger partial charge in [0.15, 0.2) is 22.3 Å². The van der Waals surface area contributed by atoms with Crippen LogP contribution in [-0.4, -0.2) is 40.0 Å². The lowest BCUT2D eigenvalue weighted by molar-refractivity contribution is -0.144. The number of hydrogen-bond donors (Lipinski definition) is 3. The monoisotopic (exact) mass is 522 g/mol. The molecule has 2 N–H and O–H groups in total. The lowest BCUT2D eigenvalue weighted by Gasteiger charge is -2.09. The summed E-state index contributed by atoms with van der Waals surface area (Å²) in [4.78, 5) is 32.1. The van der Waals surface area contributed by atoms with Crippen molar-refractivity contribution in [2.75, 3.05) is 5.32 Å². The van der Waals surface area contributed by atoms with Crippen LogP contribution < -0.4 is 10.6 Å². The molecule has 1 fully saturated rings. The Kier molecular flexibility index (Phi) is 7.06. The highest BCUT2D eigenvalue weighted by molar-refractivity contribution is 7.72. The Morgan fingerprint density at radius 2 is 1.92 bits per heavy atom. The maximum atomic E-state index is 13.3. The highest BCUT2D eigenvalue weighted by Gasteiger charge is 2.37. The molecular weight excluding hydrogens is 501 g/mol. The van der Waals surface area contributed by atoms with Gasteiger partial charge in [-0.1, -0.05) is 6.92 Å². The molecule has 0 unspecified atom stereocenters. The van der Waals surface area contributed by atoms with Crippen LogP contribution in [0.3, 0.4) is 0 Å². The molecule has 1 aliphatic carbocycles. The summed E-state index contributed by atoms with van der Waals surface area (Å²) in [5.74, 6) is -2.56. The summed E-state index contributed by atoms with van der Waals surface area (Å²) >= 11 is 0. The molecular formula is C22H21F3N6O4S. The van der Waals surface area contributed by atoms with Crippen LogP contribution in [0.2, 0.25) is 0 Å². The van der Waals surface area contributed by atoms with Gasteiger partial charge in [-0.2, -0.15) is 17.9 Å². The number of alkyl halides is 3. The van der Waals surface area contributed by atoms with Crippen molar-refractivity contribution in [1.82, 2.24) is 25.1 Å². The van der Waals surface area contributed by atoms with Crippen LogP contribution >= 0.6 is 0 Å². The number of benzene rings is 1. The zero-order chi connectivity index (χ0) is 26.0. The summed E-state index contributed by atoms with van der Waals surface area (Å²) in [6.07, 6.45) is -1.46. The van der Waals surface area contributed by atoms with Gasteiger partial charge in [-0.15, -0.1) is 5.10 Å². The first-order valence-corrected chi connectivity index (χ1v) is 12.1. The second-order valence-corrected chi connectivity index (χ2v) is 9.14. The van der Waals surface area contributed by atoms with E-state index in [1.165, 1.54) is 36.5 Å². The van der Waals surface area contributed by atoms with E-state index in [0.717, 1.165) is 17.5 Å². The lowest BCUT2D eigenvalue weighted by Crippen LogP contribution is -2.25. The molecule has 4 rings (SSSR count). The van der Waals surface area contributed by atoms with Crippen molar-refractivity contribution in [3.8, 4) is 5.82 Å². The smallest absolute Gasteiger partial charge is 0.345 e. The van der Waals surface area contributed by atoms with Gasteiger partial charge in [-0.25, -0.2) is 18.4 Å². The van der Waals surface area contributed by atoms with Gasteiger partial charge in [0.2, 0.25) is 5.91 Å². The minimum atomic E-state index is -4.84. The fourth-order valence-corrected chi connectivity index (χ4v) is 3.83. The Labute approximate surface area is 204 Å². The van der Waals surface area contributed by atoms with E-state index >= 15 is 0 Å². The summed E-state index contributed by atoms with van der Waals surface area (Å²) in [6.45, 7) is 1.34. The van der Waals surface area contributed by atoms with Gasteiger partial charge in [-0.05, 0) is 55.2 Å². The van der Waals surface area contributed by atoms with Gasteiger partial charge in [0.25, 0.3) is 11.7 Å². The maximum Gasteiger partial charge on any atom is 0.453 e. The molecule has 0 spiro atoms. The molecule has 0 atom stereocenters. The number of amides is 2. The predicted octanol–water partition coefficient (Wildman–Crippen LogP) is 2.49. The van der Waals surface area contributed by atoms with Crippen LogP contribution in [0.5, 0.6) is 0 Å². The fourth-order valence-electron chi connectivity index (χ4n) is 3.31. The third kappa shape index (κ3) is 5.87. The molecule has 36 heavy (non-hydrogen) atoms. The average Bonchev–Trinajstić information content (AvgIpc) is 3.61. The third-order valence-corrected chi connectivity index (χ3v) is 6.05. The first kappa shape index (κ1) is 25.3. The third-order valence-electron chi connectivity index (χ3n) is 5.37. The number of carbonyl (C=O) groups is 2. The van der Waals surface area contributed by atoms with Crippen LogP contribution in [-0.2, 0) is 34.6 Å². The van der Waals surface area contributed by atoms with E-state index in [-0.39, 0.29) is 33.9 Å². The first-order valence-electron chi connectivity index (χ1n) is 10.9. The normalized spacial score (nSPS) is 13.6. The van der Waals surface area contributed by atoms with Gasteiger partial charge in [-0.3, -0.25) is 9.59 Å². The van der Waals surface area contributed by atoms with E-state index in [1.54, 1.807) is 6.92 Å². The summed E-state index contributed by atoms with van der Waals surface area (Å²) in [5.41, 5.74) is 1.03. The Hall–Kier alpha value is -3.81. The topological polar surface area (TPSA) is 136 Å². The van der Waals surface area contributed by atoms with Crippen molar-refractivity contribution in [3.63, 3.8) is 0 Å². The van der Waals surface area contributed by atoms with Crippen LogP contribution in [0.4, 0.5) is 18.9 Å². The fraction of sp³-hybridized carbons (Fsp3) is 0.318. The minimum absolute atomic E-state index is 0.00899. The largest absolute Gasteiger partial charge is 0.453 e. The average molecular weight is 523 g/mol. The van der Waals surface area contributed by atoms with E-state index in [4.69, 9.17) is 0 Å². The van der Waals surface area contributed by atoms with E-state index in [9.17, 15) is 31.2 Å². The Balaban J connectivity index is 1.57. The Morgan fingerprint density at radius 1 is 1.17 bits per heavy atom. The zero-order valence-corrected chi connectivity index (χ0v) is 19.8. The number of anilines is 1. The molecule has 1 saturated carbocycles. The van der Waals surface area contributed by atoms with Gasteiger partial charge >= 0.3 is 6.18 Å². The number of halogens is 3. The molecule has 0 aliphatic heterocycles. The number of nitrogens with zero attached hydrogens (tertiary/aromatic N) is 4. The van der Waals surface area contributed by atoms with Crippen molar-refractivity contribution in [1.29, 1.82) is 0 Å². The molecule has 1 aromatic carbocycles. The van der Waals surface area contributed by atoms with E-state index in [2.05, 4.69) is 25.7 Å². The van der Waals surface area contributed by atoms with Gasteiger partial charge in [0.1, 0.15) is 0 Å². The second kappa shape index (κ2) is 10.0. The molecule has 0 radical (unpaired) electrons. The van der Waals surface area contributed by atoms with Crippen LogP contribution in [0, 0.1) is 5.92 Å². The Morgan fingerprint density at radius 3 is 2.50 bits per heavy atom. The zero-order valence-electron chi connectivity index (χ0n) is 18.9. The molecule has 2 heterocycles. The lowest BCUT2D eigenvalue weighted by atomic mass is 10.1. The first-order chi connectivity index (χ1) is 17.0. The molecule has 1 aliphatic rings.